The van der Waals surface area contributed by atoms with Crippen molar-refractivity contribution in [1.82, 2.24) is 0 Å². The molecule has 0 aromatic heterocycles. The minimum absolute atomic E-state index is 0.00266. The van der Waals surface area contributed by atoms with Gasteiger partial charge in [0.2, 0.25) is 0 Å². The van der Waals surface area contributed by atoms with E-state index in [0.29, 0.717) is 24.3 Å². The fourth-order valence-corrected chi connectivity index (χ4v) is 5.03. The first-order valence-corrected chi connectivity index (χ1v) is 17.5. The van der Waals surface area contributed by atoms with Crippen LogP contribution in [0.5, 0.6) is 0 Å². The second-order valence-corrected chi connectivity index (χ2v) is 16.8. The fraction of sp³-hybridized carbons (Fsp3) is 0.375. The van der Waals surface area contributed by atoms with Crippen molar-refractivity contribution in [2.45, 2.75) is 63.0 Å². The van der Waals surface area contributed by atoms with Gasteiger partial charge in [0.05, 0.1) is 24.3 Å². The lowest BCUT2D eigenvalue weighted by molar-refractivity contribution is -0.300. The van der Waals surface area contributed by atoms with Gasteiger partial charge in [-0.3, -0.25) is 0 Å². The highest BCUT2D eigenvalue weighted by Crippen LogP contribution is 2.29. The molecule has 1 saturated heterocycles. The monoisotopic (exact) mass is 578 g/mol. The summed E-state index contributed by atoms with van der Waals surface area (Å²) in [5.41, 5.74) is 1.57. The van der Waals surface area contributed by atoms with E-state index in [2.05, 4.69) is 19.6 Å². The Labute approximate surface area is 242 Å². The van der Waals surface area contributed by atoms with Gasteiger partial charge in [0.1, 0.15) is 12.2 Å². The van der Waals surface area contributed by atoms with Crippen molar-refractivity contribution in [2.24, 2.45) is 0 Å². The Bertz CT molecular complexity index is 1230. The van der Waals surface area contributed by atoms with Crippen LogP contribution >= 0.6 is 0 Å². The molecule has 8 nitrogen and oxygen atoms in total. The van der Waals surface area contributed by atoms with Crippen molar-refractivity contribution in [1.29, 1.82) is 0 Å². The normalized spacial score (nSPS) is 22.6. The van der Waals surface area contributed by atoms with Gasteiger partial charge in [-0.25, -0.2) is 9.59 Å². The van der Waals surface area contributed by atoms with E-state index in [4.69, 9.17) is 23.7 Å². The third kappa shape index (κ3) is 9.07. The molecule has 5 atom stereocenters. The average molecular weight is 579 g/mol. The van der Waals surface area contributed by atoms with Crippen LogP contribution in [0.25, 0.3) is 0 Å². The number of hydrogen-bond acceptors (Lipinski definition) is 8. The number of aliphatic hydroxyl groups excluding tert-OH is 1. The molecule has 0 saturated carbocycles. The molecule has 0 spiro atoms. The molecule has 1 heterocycles. The van der Waals surface area contributed by atoms with Crippen LogP contribution in [0.3, 0.4) is 0 Å². The van der Waals surface area contributed by atoms with E-state index in [1.807, 2.05) is 30.3 Å². The van der Waals surface area contributed by atoms with Gasteiger partial charge in [-0.2, -0.15) is 0 Å². The minimum atomic E-state index is -1.47. The molecule has 0 aliphatic carbocycles. The third-order valence-corrected chi connectivity index (χ3v) is 8.36. The van der Waals surface area contributed by atoms with Gasteiger partial charge in [-0.05, 0) is 35.9 Å². The predicted octanol–water partition coefficient (Wildman–Crippen LogP) is 5.10. The Morgan fingerprint density at radius 3 is 1.83 bits per heavy atom. The van der Waals surface area contributed by atoms with Crippen LogP contribution in [0.15, 0.2) is 91.0 Å². The first-order valence-electron chi connectivity index (χ1n) is 13.8. The lowest BCUT2D eigenvalue weighted by atomic mass is 9.98. The van der Waals surface area contributed by atoms with Crippen LogP contribution in [-0.2, 0) is 30.3 Å². The summed E-state index contributed by atoms with van der Waals surface area (Å²) in [5.74, 6) is -1.31. The van der Waals surface area contributed by atoms with Gasteiger partial charge in [0.15, 0.2) is 18.5 Å². The minimum Gasteiger partial charge on any atom is -0.452 e. The first kappa shape index (κ1) is 30.6. The summed E-state index contributed by atoms with van der Waals surface area (Å²) in [7, 11) is -1.47. The summed E-state index contributed by atoms with van der Waals surface area (Å²) < 4.78 is 29.9. The molecule has 1 aliphatic rings. The van der Waals surface area contributed by atoms with Crippen molar-refractivity contribution < 1.29 is 38.4 Å². The molecule has 4 rings (SSSR count). The van der Waals surface area contributed by atoms with Gasteiger partial charge in [0.25, 0.3) is 0 Å². The van der Waals surface area contributed by atoms with Gasteiger partial charge >= 0.3 is 11.9 Å². The summed E-state index contributed by atoms with van der Waals surface area (Å²) in [6.45, 7) is 7.32. The topological polar surface area (TPSA) is 101 Å². The molecule has 41 heavy (non-hydrogen) atoms. The molecule has 1 fully saturated rings. The smallest absolute Gasteiger partial charge is 0.338 e. The van der Waals surface area contributed by atoms with E-state index in [-0.39, 0.29) is 6.61 Å². The largest absolute Gasteiger partial charge is 0.452 e. The molecule has 218 valence electrons. The number of aliphatic hydroxyl groups is 1. The zero-order chi connectivity index (χ0) is 29.2. The van der Waals surface area contributed by atoms with E-state index in [1.54, 1.807) is 60.7 Å². The highest BCUT2D eigenvalue weighted by Gasteiger charge is 2.50. The number of carbonyl (C=O) groups is 2. The maximum Gasteiger partial charge on any atom is 0.338 e. The zero-order valence-electron chi connectivity index (χ0n) is 23.7. The van der Waals surface area contributed by atoms with Crippen molar-refractivity contribution >= 4 is 20.0 Å². The number of hydrogen-bond donors (Lipinski definition) is 1. The Hall–Kier alpha value is -3.34. The van der Waals surface area contributed by atoms with Crippen molar-refractivity contribution in [2.75, 3.05) is 13.2 Å². The van der Waals surface area contributed by atoms with E-state index in [1.165, 1.54) is 0 Å². The molecule has 3 aromatic rings. The maximum atomic E-state index is 13.1. The molecular formula is C32H38O8Si. The van der Waals surface area contributed by atoms with Crippen molar-refractivity contribution in [3.8, 4) is 0 Å². The molecule has 0 unspecified atom stereocenters. The SMILES string of the molecule is C[Si](C)(C)CCO[C@@H]1O[C@H](COCc2ccccc2)[C@@H](O)[C@H](OC(=O)c2ccccc2)[C@H]1OC(=O)c1ccccc1. The molecule has 0 amide bonds. The molecule has 9 heteroatoms. The van der Waals surface area contributed by atoms with Gasteiger partial charge in [0, 0.05) is 14.7 Å². The van der Waals surface area contributed by atoms with Crippen LogP contribution in [0.4, 0.5) is 0 Å². The second-order valence-electron chi connectivity index (χ2n) is 11.2. The average Bonchev–Trinajstić information content (AvgIpc) is 2.97. The molecular weight excluding hydrogens is 540 g/mol. The molecule has 1 aliphatic heterocycles. The van der Waals surface area contributed by atoms with E-state index >= 15 is 0 Å². The summed E-state index contributed by atoms with van der Waals surface area (Å²) in [4.78, 5) is 26.3. The fourth-order valence-electron chi connectivity index (χ4n) is 4.30. The van der Waals surface area contributed by atoms with E-state index < -0.39 is 50.7 Å². The molecule has 0 radical (unpaired) electrons. The van der Waals surface area contributed by atoms with Crippen molar-refractivity contribution in [3.63, 3.8) is 0 Å². The Morgan fingerprint density at radius 2 is 1.29 bits per heavy atom. The quantitative estimate of drug-likeness (QED) is 0.234. The van der Waals surface area contributed by atoms with Gasteiger partial charge < -0.3 is 28.8 Å². The van der Waals surface area contributed by atoms with Crippen molar-refractivity contribution in [3.05, 3.63) is 108 Å². The second kappa shape index (κ2) is 14.5. The van der Waals surface area contributed by atoms with E-state index in [0.717, 1.165) is 11.6 Å². The first-order chi connectivity index (χ1) is 19.7. The summed E-state index contributed by atoms with van der Waals surface area (Å²) in [6.07, 6.45) is -5.86. The lowest BCUT2D eigenvalue weighted by Crippen LogP contribution is -2.62. The number of carbonyl (C=O) groups excluding carboxylic acids is 2. The molecule has 3 aromatic carbocycles. The number of ether oxygens (including phenoxy) is 5. The standard InChI is InChI=1S/C32H38O8Si/c1-41(2,3)20-19-37-32-29(40-31(35)25-17-11-6-12-18-25)28(39-30(34)24-15-9-5-10-16-24)27(33)26(38-32)22-36-21-23-13-7-4-8-14-23/h4-18,26-29,32-33H,19-22H2,1-3H3/t26-,27-,28+,29-,32-/m1/s1. The number of rotatable bonds is 12. The Balaban J connectivity index is 1.58. The lowest BCUT2D eigenvalue weighted by Gasteiger charge is -2.43. The van der Waals surface area contributed by atoms with Gasteiger partial charge in [-0.15, -0.1) is 0 Å². The van der Waals surface area contributed by atoms with Gasteiger partial charge in [-0.1, -0.05) is 86.4 Å². The highest BCUT2D eigenvalue weighted by molar-refractivity contribution is 6.76. The maximum absolute atomic E-state index is 13.1. The summed E-state index contributed by atoms with van der Waals surface area (Å²) >= 11 is 0. The molecule has 1 N–H and O–H groups in total. The number of esters is 2. The highest BCUT2D eigenvalue weighted by atomic mass is 28.3. The molecule has 0 bridgehead atoms. The summed E-state index contributed by atoms with van der Waals surface area (Å²) in [5, 5.41) is 11.4. The van der Waals surface area contributed by atoms with Crippen LogP contribution in [0.2, 0.25) is 25.7 Å². The zero-order valence-corrected chi connectivity index (χ0v) is 24.7. The predicted molar refractivity (Wildman–Crippen MR) is 156 cm³/mol. The third-order valence-electron chi connectivity index (χ3n) is 6.65. The Kier molecular flexibility index (Phi) is 10.8. The summed E-state index contributed by atoms with van der Waals surface area (Å²) in [6, 6.07) is 27.4. The Morgan fingerprint density at radius 1 is 0.780 bits per heavy atom. The van der Waals surface area contributed by atoms with Crippen LogP contribution < -0.4 is 0 Å². The van der Waals surface area contributed by atoms with Crippen LogP contribution in [0.1, 0.15) is 26.3 Å². The number of benzene rings is 3. The van der Waals surface area contributed by atoms with E-state index in [9.17, 15) is 14.7 Å². The van der Waals surface area contributed by atoms with Crippen LogP contribution in [-0.4, -0.2) is 69.0 Å². The van der Waals surface area contributed by atoms with Crippen LogP contribution in [0, 0.1) is 0 Å².